The molecule has 1 aliphatic heterocycles. The molecule has 1 rings (SSSR count). The first kappa shape index (κ1) is 8.02. The Morgan fingerprint density at radius 1 is 1.50 bits per heavy atom. The lowest BCUT2D eigenvalue weighted by molar-refractivity contribution is 0.159. The van der Waals surface area contributed by atoms with Crippen LogP contribution < -0.4 is 0 Å². The zero-order valence-corrected chi connectivity index (χ0v) is 7.04. The Labute approximate surface area is 62.8 Å². The maximum atomic E-state index is 8.98. The van der Waals surface area contributed by atoms with E-state index in [4.69, 9.17) is 5.11 Å². The summed E-state index contributed by atoms with van der Waals surface area (Å²) in [6.07, 6.45) is 0. The van der Waals surface area contributed by atoms with Crippen LogP contribution in [-0.4, -0.2) is 36.2 Å². The van der Waals surface area contributed by atoms with E-state index in [2.05, 4.69) is 25.8 Å². The summed E-state index contributed by atoms with van der Waals surface area (Å²) in [6.45, 7) is 5.90. The zero-order chi connectivity index (χ0) is 7.72. The van der Waals surface area contributed by atoms with Crippen LogP contribution in [0.4, 0.5) is 0 Å². The van der Waals surface area contributed by atoms with Crippen LogP contribution in [0.25, 0.3) is 0 Å². The van der Waals surface area contributed by atoms with E-state index in [0.29, 0.717) is 18.6 Å². The Kier molecular flexibility index (Phi) is 2.32. The van der Waals surface area contributed by atoms with Crippen molar-refractivity contribution in [3.05, 3.63) is 0 Å². The van der Waals surface area contributed by atoms with Gasteiger partial charge in [-0.15, -0.1) is 0 Å². The maximum absolute atomic E-state index is 8.98. The highest BCUT2D eigenvalue weighted by Gasteiger charge is 2.33. The average Bonchev–Trinajstić information content (AvgIpc) is 2.09. The predicted octanol–water partition coefficient (Wildman–Crippen LogP) is 0.565. The quantitative estimate of drug-likeness (QED) is 0.580. The summed E-state index contributed by atoms with van der Waals surface area (Å²) in [7, 11) is 2.08. The third-order valence-corrected chi connectivity index (χ3v) is 2.83. The SMILES string of the molecule is C[C@@H]1[C@H](C)CN(C)[C@@H]1CO. The number of nitrogens with zero attached hydrogens (tertiary/aromatic N) is 1. The van der Waals surface area contributed by atoms with Gasteiger partial charge in [0.15, 0.2) is 0 Å². The van der Waals surface area contributed by atoms with Crippen molar-refractivity contribution in [3.8, 4) is 0 Å². The van der Waals surface area contributed by atoms with Gasteiger partial charge in [-0.05, 0) is 18.9 Å². The average molecular weight is 143 g/mol. The Bertz CT molecular complexity index is 116. The smallest absolute Gasteiger partial charge is 0.0589 e. The number of hydrogen-bond donors (Lipinski definition) is 1. The Hall–Kier alpha value is -0.0800. The number of likely N-dealkylation sites (tertiary alicyclic amines) is 1. The van der Waals surface area contributed by atoms with Gasteiger partial charge in [-0.3, -0.25) is 0 Å². The first-order valence-corrected chi connectivity index (χ1v) is 3.98. The van der Waals surface area contributed by atoms with Crippen LogP contribution >= 0.6 is 0 Å². The molecule has 1 saturated heterocycles. The molecule has 1 heterocycles. The van der Waals surface area contributed by atoms with E-state index in [9.17, 15) is 0 Å². The second kappa shape index (κ2) is 2.89. The standard InChI is InChI=1S/C8H17NO/c1-6-4-9(3)8(5-10)7(6)2/h6-8,10H,4-5H2,1-3H3/t6-,7-,8-/m1/s1. The molecule has 2 nitrogen and oxygen atoms in total. The van der Waals surface area contributed by atoms with Crippen molar-refractivity contribution in [2.24, 2.45) is 11.8 Å². The molecule has 1 fully saturated rings. The Morgan fingerprint density at radius 2 is 2.10 bits per heavy atom. The Morgan fingerprint density at radius 3 is 2.30 bits per heavy atom. The normalized spacial score (nSPS) is 42.6. The first-order chi connectivity index (χ1) is 4.66. The van der Waals surface area contributed by atoms with Crippen LogP contribution in [0.2, 0.25) is 0 Å². The van der Waals surface area contributed by atoms with Crippen LogP contribution in [0, 0.1) is 11.8 Å². The number of hydrogen-bond acceptors (Lipinski definition) is 2. The van der Waals surface area contributed by atoms with Crippen molar-refractivity contribution in [2.75, 3.05) is 20.2 Å². The number of aliphatic hydroxyl groups excluding tert-OH is 1. The van der Waals surface area contributed by atoms with E-state index in [-0.39, 0.29) is 0 Å². The minimum absolute atomic E-state index is 0.308. The van der Waals surface area contributed by atoms with Crippen molar-refractivity contribution in [2.45, 2.75) is 19.9 Å². The van der Waals surface area contributed by atoms with Crippen molar-refractivity contribution < 1.29 is 5.11 Å². The highest BCUT2D eigenvalue weighted by atomic mass is 16.3. The van der Waals surface area contributed by atoms with E-state index in [1.807, 2.05) is 0 Å². The summed E-state index contributed by atoms with van der Waals surface area (Å²) < 4.78 is 0. The summed E-state index contributed by atoms with van der Waals surface area (Å²) >= 11 is 0. The number of rotatable bonds is 1. The van der Waals surface area contributed by atoms with Gasteiger partial charge in [0.05, 0.1) is 6.61 Å². The molecule has 0 aromatic rings. The van der Waals surface area contributed by atoms with Gasteiger partial charge >= 0.3 is 0 Å². The lowest BCUT2D eigenvalue weighted by atomic mass is 9.95. The minimum atomic E-state index is 0.308. The molecular formula is C8H17NO. The van der Waals surface area contributed by atoms with Crippen LogP contribution in [-0.2, 0) is 0 Å². The third kappa shape index (κ3) is 1.18. The van der Waals surface area contributed by atoms with Gasteiger partial charge in [0, 0.05) is 12.6 Å². The fourth-order valence-corrected chi connectivity index (χ4v) is 1.84. The molecule has 0 aliphatic carbocycles. The summed E-state index contributed by atoms with van der Waals surface area (Å²) in [4.78, 5) is 2.25. The third-order valence-electron chi connectivity index (χ3n) is 2.83. The summed E-state index contributed by atoms with van der Waals surface area (Å²) in [5.41, 5.74) is 0. The molecule has 0 unspecified atom stereocenters. The molecule has 0 radical (unpaired) electrons. The fraction of sp³-hybridized carbons (Fsp3) is 1.00. The zero-order valence-electron chi connectivity index (χ0n) is 7.04. The summed E-state index contributed by atoms with van der Waals surface area (Å²) in [6, 6.07) is 0.398. The first-order valence-electron chi connectivity index (χ1n) is 3.98. The summed E-state index contributed by atoms with van der Waals surface area (Å²) in [5.74, 6) is 1.39. The topological polar surface area (TPSA) is 23.5 Å². The minimum Gasteiger partial charge on any atom is -0.395 e. The predicted molar refractivity (Wildman–Crippen MR) is 41.8 cm³/mol. The number of aliphatic hydroxyl groups is 1. The molecule has 0 spiro atoms. The van der Waals surface area contributed by atoms with Gasteiger partial charge in [-0.2, -0.15) is 0 Å². The molecule has 60 valence electrons. The largest absolute Gasteiger partial charge is 0.395 e. The van der Waals surface area contributed by atoms with E-state index < -0.39 is 0 Å². The second-order valence-electron chi connectivity index (χ2n) is 3.53. The van der Waals surface area contributed by atoms with E-state index in [1.54, 1.807) is 0 Å². The van der Waals surface area contributed by atoms with Crippen LogP contribution in [0.15, 0.2) is 0 Å². The van der Waals surface area contributed by atoms with Gasteiger partial charge in [0.1, 0.15) is 0 Å². The molecule has 2 heteroatoms. The van der Waals surface area contributed by atoms with E-state index >= 15 is 0 Å². The molecule has 0 saturated carbocycles. The molecule has 1 aliphatic rings. The van der Waals surface area contributed by atoms with Gasteiger partial charge in [0.25, 0.3) is 0 Å². The molecule has 0 bridgehead atoms. The fourth-order valence-electron chi connectivity index (χ4n) is 1.84. The molecule has 3 atom stereocenters. The highest BCUT2D eigenvalue weighted by molar-refractivity contribution is 4.86. The molecule has 0 aromatic heterocycles. The lowest BCUT2D eigenvalue weighted by Crippen LogP contribution is -2.31. The molecule has 1 N–H and O–H groups in total. The van der Waals surface area contributed by atoms with Gasteiger partial charge < -0.3 is 10.0 Å². The highest BCUT2D eigenvalue weighted by Crippen LogP contribution is 2.26. The van der Waals surface area contributed by atoms with Crippen molar-refractivity contribution in [1.82, 2.24) is 4.90 Å². The second-order valence-corrected chi connectivity index (χ2v) is 3.53. The van der Waals surface area contributed by atoms with Crippen LogP contribution in [0.5, 0.6) is 0 Å². The van der Waals surface area contributed by atoms with Crippen LogP contribution in [0.3, 0.4) is 0 Å². The van der Waals surface area contributed by atoms with E-state index in [0.717, 1.165) is 12.5 Å². The van der Waals surface area contributed by atoms with E-state index in [1.165, 1.54) is 0 Å². The van der Waals surface area contributed by atoms with Crippen molar-refractivity contribution in [1.29, 1.82) is 0 Å². The van der Waals surface area contributed by atoms with Crippen molar-refractivity contribution in [3.63, 3.8) is 0 Å². The number of likely N-dealkylation sites (N-methyl/N-ethyl adjacent to an activating group) is 1. The Balaban J connectivity index is 2.55. The van der Waals surface area contributed by atoms with Gasteiger partial charge in [-0.25, -0.2) is 0 Å². The van der Waals surface area contributed by atoms with Gasteiger partial charge in [0.2, 0.25) is 0 Å². The monoisotopic (exact) mass is 143 g/mol. The molecule has 0 amide bonds. The molecule has 10 heavy (non-hydrogen) atoms. The van der Waals surface area contributed by atoms with Crippen molar-refractivity contribution >= 4 is 0 Å². The molecular weight excluding hydrogens is 126 g/mol. The maximum Gasteiger partial charge on any atom is 0.0589 e. The van der Waals surface area contributed by atoms with Gasteiger partial charge in [-0.1, -0.05) is 13.8 Å². The molecule has 0 aromatic carbocycles. The van der Waals surface area contributed by atoms with Crippen LogP contribution in [0.1, 0.15) is 13.8 Å². The summed E-state index contributed by atoms with van der Waals surface area (Å²) in [5, 5.41) is 8.98. The lowest BCUT2D eigenvalue weighted by Gasteiger charge is -2.19.